The van der Waals surface area contributed by atoms with E-state index in [4.69, 9.17) is 4.98 Å². The Hall–Kier alpha value is -3.66. The fourth-order valence-electron chi connectivity index (χ4n) is 3.23. The van der Waals surface area contributed by atoms with Gasteiger partial charge in [0.2, 0.25) is 5.95 Å². The molecule has 144 valence electrons. The molecule has 1 aromatic heterocycles. The van der Waals surface area contributed by atoms with Gasteiger partial charge in [-0.3, -0.25) is 0 Å². The number of aliphatic imine (C=N–C) groups is 1. The van der Waals surface area contributed by atoms with E-state index in [9.17, 15) is 0 Å². The van der Waals surface area contributed by atoms with Gasteiger partial charge in [-0.2, -0.15) is 0 Å². The first-order chi connectivity index (χ1) is 14.2. The minimum atomic E-state index is 0.711. The molecule has 0 spiro atoms. The zero-order valence-electron chi connectivity index (χ0n) is 16.7. The maximum atomic E-state index is 4.71. The number of hydrogen-bond donors (Lipinski definition) is 0. The molecule has 29 heavy (non-hydrogen) atoms. The van der Waals surface area contributed by atoms with Crippen molar-refractivity contribution in [3.63, 3.8) is 0 Å². The number of fused-ring (bicyclic) bond motifs is 1. The third kappa shape index (κ3) is 4.43. The van der Waals surface area contributed by atoms with Gasteiger partial charge in [0.05, 0.1) is 17.6 Å². The van der Waals surface area contributed by atoms with Crippen LogP contribution in [0.4, 0.5) is 11.6 Å². The molecule has 4 heteroatoms. The number of aromatic nitrogens is 2. The van der Waals surface area contributed by atoms with E-state index in [1.54, 1.807) is 0 Å². The summed E-state index contributed by atoms with van der Waals surface area (Å²) >= 11 is 0. The van der Waals surface area contributed by atoms with Gasteiger partial charge in [-0.1, -0.05) is 60.7 Å². The van der Waals surface area contributed by atoms with Crippen molar-refractivity contribution in [1.29, 1.82) is 0 Å². The van der Waals surface area contributed by atoms with Crippen LogP contribution in [0.2, 0.25) is 0 Å². The minimum absolute atomic E-state index is 0.711. The van der Waals surface area contributed by atoms with Crippen molar-refractivity contribution in [2.24, 2.45) is 4.99 Å². The number of imidazole rings is 1. The Labute approximate surface area is 171 Å². The maximum absolute atomic E-state index is 4.71. The number of para-hydroxylation sites is 2. The molecule has 0 radical (unpaired) electrons. The SMILES string of the molecule is CN(C)c1ccc(C=CC=Nc2nc3ccccc3n2Cc2ccccc2)cc1. The van der Waals surface area contributed by atoms with Gasteiger partial charge in [0, 0.05) is 26.0 Å². The molecule has 4 aromatic rings. The predicted molar refractivity (Wildman–Crippen MR) is 123 cm³/mol. The van der Waals surface area contributed by atoms with Crippen molar-refractivity contribution in [2.75, 3.05) is 19.0 Å². The first kappa shape index (κ1) is 18.7. The van der Waals surface area contributed by atoms with Crippen LogP contribution in [0.3, 0.4) is 0 Å². The van der Waals surface area contributed by atoms with Crippen molar-refractivity contribution in [3.05, 3.63) is 96.1 Å². The lowest BCUT2D eigenvalue weighted by Gasteiger charge is -2.11. The quantitative estimate of drug-likeness (QED) is 0.410. The molecular weight excluding hydrogens is 356 g/mol. The molecule has 0 aliphatic rings. The number of rotatable bonds is 6. The van der Waals surface area contributed by atoms with Crippen LogP contribution in [0.15, 0.2) is 89.9 Å². The second-order valence-electron chi connectivity index (χ2n) is 7.10. The van der Waals surface area contributed by atoms with Gasteiger partial charge in [-0.15, -0.1) is 0 Å². The van der Waals surface area contributed by atoms with Gasteiger partial charge in [0.25, 0.3) is 0 Å². The van der Waals surface area contributed by atoms with Crippen molar-refractivity contribution in [2.45, 2.75) is 6.54 Å². The molecule has 3 aromatic carbocycles. The van der Waals surface area contributed by atoms with Gasteiger partial charge < -0.3 is 9.47 Å². The molecule has 4 rings (SSSR count). The van der Waals surface area contributed by atoms with E-state index >= 15 is 0 Å². The lowest BCUT2D eigenvalue weighted by Crippen LogP contribution is -2.07. The van der Waals surface area contributed by atoms with Crippen molar-refractivity contribution in [3.8, 4) is 0 Å². The predicted octanol–water partition coefficient (Wildman–Crippen LogP) is 5.57. The summed E-state index contributed by atoms with van der Waals surface area (Å²) in [5.41, 5.74) is 5.60. The van der Waals surface area contributed by atoms with E-state index in [-0.39, 0.29) is 0 Å². The van der Waals surface area contributed by atoms with E-state index in [1.165, 1.54) is 11.3 Å². The Morgan fingerprint density at radius 2 is 1.62 bits per heavy atom. The van der Waals surface area contributed by atoms with Gasteiger partial charge in [-0.25, -0.2) is 9.98 Å². The summed E-state index contributed by atoms with van der Waals surface area (Å²) < 4.78 is 2.15. The molecule has 0 aliphatic heterocycles. The highest BCUT2D eigenvalue weighted by atomic mass is 15.2. The summed E-state index contributed by atoms with van der Waals surface area (Å²) in [5.74, 6) is 0.711. The lowest BCUT2D eigenvalue weighted by molar-refractivity contribution is 0.827. The van der Waals surface area contributed by atoms with Crippen LogP contribution >= 0.6 is 0 Å². The van der Waals surface area contributed by atoms with Gasteiger partial charge in [0.15, 0.2) is 0 Å². The Morgan fingerprint density at radius 3 is 2.38 bits per heavy atom. The zero-order chi connectivity index (χ0) is 20.1. The second kappa shape index (κ2) is 8.57. The normalized spacial score (nSPS) is 11.7. The number of benzene rings is 3. The van der Waals surface area contributed by atoms with Crippen LogP contribution in [-0.4, -0.2) is 29.9 Å². The van der Waals surface area contributed by atoms with Crippen LogP contribution in [0, 0.1) is 0 Å². The molecule has 0 saturated carbocycles. The first-order valence-corrected chi connectivity index (χ1v) is 9.68. The van der Waals surface area contributed by atoms with Crippen LogP contribution in [0.25, 0.3) is 17.1 Å². The molecule has 1 heterocycles. The smallest absolute Gasteiger partial charge is 0.230 e. The Kier molecular flexibility index (Phi) is 5.52. The molecule has 0 bridgehead atoms. The average Bonchev–Trinajstić information content (AvgIpc) is 3.10. The maximum Gasteiger partial charge on any atom is 0.230 e. The van der Waals surface area contributed by atoms with Gasteiger partial charge >= 0.3 is 0 Å². The average molecular weight is 380 g/mol. The van der Waals surface area contributed by atoms with E-state index in [0.717, 1.165) is 23.1 Å². The van der Waals surface area contributed by atoms with E-state index < -0.39 is 0 Å². The largest absolute Gasteiger partial charge is 0.378 e. The van der Waals surface area contributed by atoms with Crippen LogP contribution in [0.5, 0.6) is 0 Å². The molecule has 0 amide bonds. The van der Waals surface area contributed by atoms with E-state index in [0.29, 0.717) is 5.95 Å². The highest BCUT2D eigenvalue weighted by molar-refractivity contribution is 5.83. The third-order valence-electron chi connectivity index (χ3n) is 4.79. The fourth-order valence-corrected chi connectivity index (χ4v) is 3.23. The Bertz CT molecular complexity index is 1140. The Balaban J connectivity index is 1.57. The second-order valence-corrected chi connectivity index (χ2v) is 7.10. The van der Waals surface area contributed by atoms with Gasteiger partial charge in [0.1, 0.15) is 0 Å². The molecule has 0 atom stereocenters. The zero-order valence-corrected chi connectivity index (χ0v) is 16.7. The Morgan fingerprint density at radius 1 is 0.897 bits per heavy atom. The highest BCUT2D eigenvalue weighted by Crippen LogP contribution is 2.23. The topological polar surface area (TPSA) is 33.4 Å². The summed E-state index contributed by atoms with van der Waals surface area (Å²) in [6.45, 7) is 0.740. The van der Waals surface area contributed by atoms with Crippen molar-refractivity contribution >= 4 is 35.0 Å². The summed E-state index contributed by atoms with van der Waals surface area (Å²) in [7, 11) is 4.08. The van der Waals surface area contributed by atoms with Crippen LogP contribution < -0.4 is 4.90 Å². The molecule has 0 saturated heterocycles. The summed E-state index contributed by atoms with van der Waals surface area (Å²) in [5, 5.41) is 0. The molecular formula is C25H24N4. The van der Waals surface area contributed by atoms with Crippen molar-refractivity contribution in [1.82, 2.24) is 9.55 Å². The van der Waals surface area contributed by atoms with E-state index in [1.807, 2.05) is 56.7 Å². The first-order valence-electron chi connectivity index (χ1n) is 9.68. The number of nitrogens with zero attached hydrogens (tertiary/aromatic N) is 4. The number of anilines is 1. The van der Waals surface area contributed by atoms with E-state index in [2.05, 4.69) is 69.1 Å². The minimum Gasteiger partial charge on any atom is -0.378 e. The molecule has 4 nitrogen and oxygen atoms in total. The fraction of sp³-hybridized carbons (Fsp3) is 0.120. The monoisotopic (exact) mass is 380 g/mol. The summed E-state index contributed by atoms with van der Waals surface area (Å²) in [4.78, 5) is 11.4. The summed E-state index contributed by atoms with van der Waals surface area (Å²) in [6.07, 6.45) is 5.81. The molecule has 0 N–H and O–H groups in total. The highest BCUT2D eigenvalue weighted by Gasteiger charge is 2.09. The standard InChI is InChI=1S/C25H24N4/c1-28(2)22-16-14-20(15-17-22)11-8-18-26-25-27-23-12-6-7-13-24(23)29(25)19-21-9-4-3-5-10-21/h3-18H,19H2,1-2H3. The van der Waals surface area contributed by atoms with Crippen LogP contribution in [-0.2, 0) is 6.54 Å². The van der Waals surface area contributed by atoms with Gasteiger partial charge in [-0.05, 0) is 41.5 Å². The molecule has 0 aliphatic carbocycles. The number of allylic oxidation sites excluding steroid dienone is 1. The lowest BCUT2D eigenvalue weighted by atomic mass is 10.2. The number of hydrogen-bond acceptors (Lipinski definition) is 3. The van der Waals surface area contributed by atoms with Crippen LogP contribution in [0.1, 0.15) is 11.1 Å². The summed E-state index contributed by atoms with van der Waals surface area (Å²) in [6, 6.07) is 27.0. The van der Waals surface area contributed by atoms with Crippen molar-refractivity contribution < 1.29 is 0 Å². The molecule has 0 fully saturated rings. The third-order valence-corrected chi connectivity index (χ3v) is 4.79. The molecule has 0 unspecified atom stereocenters.